The summed E-state index contributed by atoms with van der Waals surface area (Å²) in [7, 11) is 9.90. The Kier molecular flexibility index (Phi) is 7.25. The molecule has 0 nitrogen and oxygen atoms in total. The fourth-order valence-electron chi connectivity index (χ4n) is 0.533. The molecule has 0 saturated carbocycles. The summed E-state index contributed by atoms with van der Waals surface area (Å²) >= 11 is -0.931. The minimum absolute atomic E-state index is 0.171. The van der Waals surface area contributed by atoms with E-state index in [2.05, 4.69) is 0 Å². The Labute approximate surface area is 81.4 Å². The topological polar surface area (TPSA) is 0 Å². The van der Waals surface area contributed by atoms with E-state index in [9.17, 15) is 4.39 Å². The third kappa shape index (κ3) is 6.74. The Balaban J connectivity index is 0.000000292. The summed E-state index contributed by atoms with van der Waals surface area (Å²) in [6.07, 6.45) is 0. The van der Waals surface area contributed by atoms with E-state index in [1.165, 1.54) is 12.1 Å². The Morgan fingerprint density at radius 3 is 1.82 bits per heavy atom. The zero-order chi connectivity index (χ0) is 8.69. The average molecular weight is 246 g/mol. The van der Waals surface area contributed by atoms with Gasteiger partial charge < -0.3 is 0 Å². The number of rotatable bonds is 0. The van der Waals surface area contributed by atoms with Gasteiger partial charge in [0.1, 0.15) is 5.82 Å². The van der Waals surface area contributed by atoms with Crippen LogP contribution in [0, 0.1) is 12.7 Å². The van der Waals surface area contributed by atoms with E-state index in [4.69, 9.17) is 19.4 Å². The molecule has 0 fully saturated rings. The zero-order valence-electron chi connectivity index (χ0n) is 6.15. The van der Waals surface area contributed by atoms with Crippen molar-refractivity contribution in [1.29, 1.82) is 0 Å². The molecule has 0 radical (unpaired) electrons. The van der Waals surface area contributed by atoms with Crippen LogP contribution in [-0.4, -0.2) is 0 Å². The second-order valence-electron chi connectivity index (χ2n) is 1.90. The molecule has 0 amide bonds. The number of hydrogen-bond acceptors (Lipinski definition) is 0. The third-order valence-electron chi connectivity index (χ3n) is 1.01. The molecule has 4 heteroatoms. The minimum atomic E-state index is -0.931. The number of halogens is 3. The first-order valence-electron chi connectivity index (χ1n) is 3.04. The molecule has 0 spiro atoms. The molecule has 0 aliphatic rings. The van der Waals surface area contributed by atoms with Crippen molar-refractivity contribution in [3.63, 3.8) is 0 Å². The van der Waals surface area contributed by atoms with Gasteiger partial charge >= 0.3 is 34.5 Å². The molecule has 0 unspecified atom stereocenters. The molecule has 0 N–H and O–H groups in total. The fourth-order valence-corrected chi connectivity index (χ4v) is 0.533. The van der Waals surface area contributed by atoms with Gasteiger partial charge in [-0.1, -0.05) is 17.7 Å². The molecule has 58 valence electrons. The first-order chi connectivity index (χ1) is 5.20. The molecule has 0 aliphatic heterocycles. The molecule has 0 atom stereocenters. The van der Waals surface area contributed by atoms with E-state index < -0.39 is 15.1 Å². The van der Waals surface area contributed by atoms with Crippen molar-refractivity contribution in [2.45, 2.75) is 6.92 Å². The molecule has 1 aromatic rings. The van der Waals surface area contributed by atoms with Crippen molar-refractivity contribution in [3.8, 4) is 0 Å². The molecule has 1 aromatic carbocycles. The van der Waals surface area contributed by atoms with Gasteiger partial charge in [0, 0.05) is 0 Å². The van der Waals surface area contributed by atoms with E-state index in [1.807, 2.05) is 6.92 Å². The number of hydrogen-bond donors (Lipinski definition) is 0. The van der Waals surface area contributed by atoms with Gasteiger partial charge in [-0.05, 0) is 19.1 Å². The van der Waals surface area contributed by atoms with Gasteiger partial charge in [-0.25, -0.2) is 4.39 Å². The zero-order valence-corrected chi connectivity index (χ0v) is 10.6. The van der Waals surface area contributed by atoms with E-state index >= 15 is 0 Å². The van der Waals surface area contributed by atoms with Crippen molar-refractivity contribution in [2.24, 2.45) is 0 Å². The van der Waals surface area contributed by atoms with E-state index in [0.717, 1.165) is 5.56 Å². The van der Waals surface area contributed by atoms with Gasteiger partial charge in [-0.15, -0.1) is 0 Å². The van der Waals surface area contributed by atoms with E-state index in [1.54, 1.807) is 12.1 Å². The van der Waals surface area contributed by atoms with Crippen LogP contribution in [0.2, 0.25) is 0 Å². The summed E-state index contributed by atoms with van der Waals surface area (Å²) in [6.45, 7) is 1.93. The molecule has 0 aliphatic carbocycles. The quantitative estimate of drug-likeness (QED) is 0.615. The third-order valence-corrected chi connectivity index (χ3v) is 1.01. The monoisotopic (exact) mass is 244 g/mol. The SMILES string of the molecule is Cc1ccc(F)cc1.[Cl][Zn][Cl]. The van der Waals surface area contributed by atoms with Crippen molar-refractivity contribution in [3.05, 3.63) is 35.6 Å². The van der Waals surface area contributed by atoms with Crippen molar-refractivity contribution in [2.75, 3.05) is 0 Å². The van der Waals surface area contributed by atoms with Crippen molar-refractivity contribution >= 4 is 19.4 Å². The van der Waals surface area contributed by atoms with Gasteiger partial charge in [0.2, 0.25) is 0 Å². The Morgan fingerprint density at radius 1 is 1.18 bits per heavy atom. The van der Waals surface area contributed by atoms with Crippen molar-refractivity contribution < 1.29 is 19.5 Å². The predicted octanol–water partition coefficient (Wildman–Crippen LogP) is 3.51. The molecule has 1 rings (SSSR count). The molecule has 0 saturated heterocycles. The van der Waals surface area contributed by atoms with Gasteiger partial charge in [0.25, 0.3) is 0 Å². The van der Waals surface area contributed by atoms with Crippen LogP contribution in [0.5, 0.6) is 0 Å². The van der Waals surface area contributed by atoms with Crippen LogP contribution in [0.3, 0.4) is 0 Å². The summed E-state index contributed by atoms with van der Waals surface area (Å²) in [5.41, 5.74) is 1.09. The summed E-state index contributed by atoms with van der Waals surface area (Å²) in [5, 5.41) is 0. The van der Waals surface area contributed by atoms with Crippen LogP contribution < -0.4 is 0 Å². The molecular formula is C7H7Cl2FZn. The standard InChI is InChI=1S/C7H7F.2ClH.Zn/c1-6-2-4-7(8)5-3-6;;;/h2-5H,1H3;2*1H;/q;;;+2/p-2. The maximum atomic E-state index is 12.1. The summed E-state index contributed by atoms with van der Waals surface area (Å²) in [4.78, 5) is 0. The van der Waals surface area contributed by atoms with Gasteiger partial charge in [0.15, 0.2) is 0 Å². The van der Waals surface area contributed by atoms with Crippen molar-refractivity contribution in [1.82, 2.24) is 0 Å². The van der Waals surface area contributed by atoms with Gasteiger partial charge in [-0.2, -0.15) is 0 Å². The first kappa shape index (κ1) is 11.4. The normalized spacial score (nSPS) is 7.64. The number of benzene rings is 1. The van der Waals surface area contributed by atoms with Crippen LogP contribution in [0.25, 0.3) is 0 Å². The van der Waals surface area contributed by atoms with Crippen LogP contribution >= 0.6 is 19.4 Å². The molecule has 0 aromatic heterocycles. The van der Waals surface area contributed by atoms with Crippen LogP contribution in [0.4, 0.5) is 4.39 Å². The fraction of sp³-hybridized carbons (Fsp3) is 0.143. The average Bonchev–Trinajstić information content (AvgIpc) is 1.97. The van der Waals surface area contributed by atoms with Gasteiger partial charge in [-0.3, -0.25) is 0 Å². The van der Waals surface area contributed by atoms with Crippen LogP contribution in [0.1, 0.15) is 5.56 Å². The molecular weight excluding hydrogens is 239 g/mol. The number of aryl methyl sites for hydroxylation is 1. The molecule has 0 heterocycles. The summed E-state index contributed by atoms with van der Waals surface area (Å²) in [5.74, 6) is -0.171. The second kappa shape index (κ2) is 7.03. The first-order valence-corrected chi connectivity index (χ1v) is 10.8. The van der Waals surface area contributed by atoms with E-state index in [-0.39, 0.29) is 5.82 Å². The predicted molar refractivity (Wildman–Crippen MR) is 42.8 cm³/mol. The Hall–Kier alpha value is 0.353. The van der Waals surface area contributed by atoms with Crippen LogP contribution in [0.15, 0.2) is 24.3 Å². The van der Waals surface area contributed by atoms with E-state index in [0.29, 0.717) is 0 Å². The van der Waals surface area contributed by atoms with Gasteiger partial charge in [0.05, 0.1) is 0 Å². The Morgan fingerprint density at radius 2 is 1.55 bits per heavy atom. The second-order valence-corrected chi connectivity index (χ2v) is 6.52. The maximum absolute atomic E-state index is 12.1. The summed E-state index contributed by atoms with van der Waals surface area (Å²) < 4.78 is 12.1. The molecule has 0 bridgehead atoms. The molecule has 11 heavy (non-hydrogen) atoms. The summed E-state index contributed by atoms with van der Waals surface area (Å²) in [6, 6.07) is 6.40. The van der Waals surface area contributed by atoms with Crippen LogP contribution in [-0.2, 0) is 15.1 Å². The Bertz CT molecular complexity index is 167.